The molecule has 2 heterocycles. The van der Waals surface area contributed by atoms with Crippen LogP contribution in [0.15, 0.2) is 36.5 Å². The number of ketones is 1. The summed E-state index contributed by atoms with van der Waals surface area (Å²) in [6.45, 7) is 2.76. The van der Waals surface area contributed by atoms with Crippen molar-refractivity contribution in [3.8, 4) is 10.6 Å². The highest BCUT2D eigenvalue weighted by atomic mass is 32.2. The summed E-state index contributed by atoms with van der Waals surface area (Å²) in [4.78, 5) is 18.1. The first kappa shape index (κ1) is 15.2. The SMILES string of the molecule is CCNC(=S)SCC(=O)c1ccc(-c2ccccn2)s1. The van der Waals surface area contributed by atoms with Gasteiger partial charge in [0.15, 0.2) is 5.78 Å². The summed E-state index contributed by atoms with van der Waals surface area (Å²) in [5.41, 5.74) is 0.896. The first-order valence-electron chi connectivity index (χ1n) is 6.15. The van der Waals surface area contributed by atoms with Gasteiger partial charge in [-0.3, -0.25) is 9.78 Å². The molecular formula is C14H14N2OS3. The summed E-state index contributed by atoms with van der Waals surface area (Å²) in [5, 5.41) is 3.02. The Balaban J connectivity index is 1.98. The maximum Gasteiger partial charge on any atom is 0.183 e. The fraction of sp³-hybridized carbons (Fsp3) is 0.214. The lowest BCUT2D eigenvalue weighted by molar-refractivity contribution is 0.102. The van der Waals surface area contributed by atoms with Crippen LogP contribution in [0.2, 0.25) is 0 Å². The molecule has 0 saturated heterocycles. The molecule has 2 aromatic heterocycles. The van der Waals surface area contributed by atoms with Gasteiger partial charge >= 0.3 is 0 Å². The zero-order chi connectivity index (χ0) is 14.4. The minimum atomic E-state index is 0.0995. The van der Waals surface area contributed by atoms with Crippen LogP contribution in [0.4, 0.5) is 0 Å². The number of carbonyl (C=O) groups excluding carboxylic acids is 1. The molecular weight excluding hydrogens is 308 g/mol. The highest BCUT2D eigenvalue weighted by molar-refractivity contribution is 8.23. The predicted octanol–water partition coefficient (Wildman–Crippen LogP) is 3.62. The van der Waals surface area contributed by atoms with E-state index in [0.29, 0.717) is 10.1 Å². The van der Waals surface area contributed by atoms with Crippen molar-refractivity contribution in [2.24, 2.45) is 0 Å². The molecule has 3 nitrogen and oxygen atoms in total. The highest BCUT2D eigenvalue weighted by Crippen LogP contribution is 2.27. The molecule has 0 atom stereocenters. The topological polar surface area (TPSA) is 42.0 Å². The van der Waals surface area contributed by atoms with Crippen molar-refractivity contribution in [3.63, 3.8) is 0 Å². The van der Waals surface area contributed by atoms with E-state index in [9.17, 15) is 4.79 Å². The lowest BCUT2D eigenvalue weighted by Crippen LogP contribution is -2.18. The van der Waals surface area contributed by atoms with Crippen molar-refractivity contribution in [2.75, 3.05) is 12.3 Å². The monoisotopic (exact) mass is 322 g/mol. The summed E-state index contributed by atoms with van der Waals surface area (Å²) in [5.74, 6) is 0.469. The van der Waals surface area contributed by atoms with E-state index in [2.05, 4.69) is 10.3 Å². The molecule has 0 aliphatic rings. The van der Waals surface area contributed by atoms with Crippen molar-refractivity contribution in [1.29, 1.82) is 0 Å². The number of hydrogen-bond acceptors (Lipinski definition) is 5. The minimum absolute atomic E-state index is 0.0995. The molecule has 1 N–H and O–H groups in total. The van der Waals surface area contributed by atoms with Gasteiger partial charge in [-0.1, -0.05) is 30.0 Å². The van der Waals surface area contributed by atoms with Crippen LogP contribution in [-0.4, -0.2) is 27.4 Å². The van der Waals surface area contributed by atoms with Crippen molar-refractivity contribution in [2.45, 2.75) is 6.92 Å². The third-order valence-corrected chi connectivity index (χ3v) is 4.91. The van der Waals surface area contributed by atoms with Crippen molar-refractivity contribution in [3.05, 3.63) is 41.4 Å². The maximum atomic E-state index is 12.1. The molecule has 20 heavy (non-hydrogen) atoms. The van der Waals surface area contributed by atoms with Gasteiger partial charge in [-0.2, -0.15) is 0 Å². The molecule has 0 aliphatic carbocycles. The number of thiophene rings is 1. The fourth-order valence-corrected chi connectivity index (χ4v) is 3.53. The molecule has 2 rings (SSSR count). The lowest BCUT2D eigenvalue weighted by Gasteiger charge is -2.02. The molecule has 2 aromatic rings. The number of Topliss-reactive ketones (excluding diaryl/α,β-unsaturated/α-hetero) is 1. The number of thioether (sulfide) groups is 1. The van der Waals surface area contributed by atoms with Crippen molar-refractivity contribution >= 4 is 45.4 Å². The average Bonchev–Trinajstić information content (AvgIpc) is 2.96. The second kappa shape index (κ2) is 7.52. The van der Waals surface area contributed by atoms with Gasteiger partial charge < -0.3 is 5.32 Å². The Kier molecular flexibility index (Phi) is 5.70. The molecule has 0 radical (unpaired) electrons. The zero-order valence-electron chi connectivity index (χ0n) is 11.0. The van der Waals surface area contributed by atoms with E-state index >= 15 is 0 Å². The van der Waals surface area contributed by atoms with Crippen LogP contribution in [0.3, 0.4) is 0 Å². The van der Waals surface area contributed by atoms with Gasteiger partial charge in [-0.15, -0.1) is 11.3 Å². The highest BCUT2D eigenvalue weighted by Gasteiger charge is 2.11. The molecule has 0 spiro atoms. The number of nitrogens with one attached hydrogen (secondary N) is 1. The van der Waals surface area contributed by atoms with Gasteiger partial charge in [0.2, 0.25) is 0 Å². The van der Waals surface area contributed by atoms with Crippen LogP contribution < -0.4 is 5.32 Å². The molecule has 6 heteroatoms. The van der Waals surface area contributed by atoms with E-state index < -0.39 is 0 Å². The first-order chi connectivity index (χ1) is 9.70. The maximum absolute atomic E-state index is 12.1. The number of nitrogens with zero attached hydrogens (tertiary/aromatic N) is 1. The van der Waals surface area contributed by atoms with Crippen molar-refractivity contribution < 1.29 is 4.79 Å². The molecule has 0 fully saturated rings. The third kappa shape index (κ3) is 4.13. The summed E-state index contributed by atoms with van der Waals surface area (Å²) in [6.07, 6.45) is 1.75. The number of rotatable bonds is 5. The Bertz CT molecular complexity index is 595. The van der Waals surface area contributed by atoms with Gasteiger partial charge in [0.1, 0.15) is 4.32 Å². The Morgan fingerprint density at radius 3 is 2.95 bits per heavy atom. The average molecular weight is 322 g/mol. The Morgan fingerprint density at radius 2 is 2.25 bits per heavy atom. The van der Waals surface area contributed by atoms with Gasteiger partial charge in [0.05, 0.1) is 21.2 Å². The van der Waals surface area contributed by atoms with Crippen LogP contribution in [0.1, 0.15) is 16.6 Å². The van der Waals surface area contributed by atoms with Crippen LogP contribution in [0, 0.1) is 0 Å². The number of aromatic nitrogens is 1. The van der Waals surface area contributed by atoms with Crippen LogP contribution >= 0.6 is 35.3 Å². The van der Waals surface area contributed by atoms with Crippen molar-refractivity contribution in [1.82, 2.24) is 10.3 Å². The number of pyridine rings is 1. The van der Waals surface area contributed by atoms with Gasteiger partial charge in [-0.05, 0) is 31.2 Å². The van der Waals surface area contributed by atoms with E-state index in [1.807, 2.05) is 37.3 Å². The van der Waals surface area contributed by atoms with E-state index in [1.165, 1.54) is 23.1 Å². The Morgan fingerprint density at radius 1 is 1.40 bits per heavy atom. The summed E-state index contributed by atoms with van der Waals surface area (Å²) >= 11 is 7.94. The van der Waals surface area contributed by atoms with E-state index in [0.717, 1.165) is 22.0 Å². The quantitative estimate of drug-likeness (QED) is 0.672. The minimum Gasteiger partial charge on any atom is -0.371 e. The number of thiocarbonyl (C=S) groups is 1. The molecule has 0 aromatic carbocycles. The van der Waals surface area contributed by atoms with E-state index in [4.69, 9.17) is 12.2 Å². The third-order valence-electron chi connectivity index (χ3n) is 2.45. The molecule has 0 unspecified atom stereocenters. The van der Waals surface area contributed by atoms with Gasteiger partial charge in [0.25, 0.3) is 0 Å². The standard InChI is InChI=1S/C14H14N2OS3/c1-2-15-14(18)19-9-11(17)13-7-6-12(20-13)10-5-3-4-8-16-10/h3-8H,2,9H2,1H3,(H,15,18). The lowest BCUT2D eigenvalue weighted by atomic mass is 10.3. The number of carbonyl (C=O) groups is 1. The van der Waals surface area contributed by atoms with Crippen LogP contribution in [0.25, 0.3) is 10.6 Å². The van der Waals surface area contributed by atoms with E-state index in [1.54, 1.807) is 6.20 Å². The molecule has 104 valence electrons. The first-order valence-corrected chi connectivity index (χ1v) is 8.37. The largest absolute Gasteiger partial charge is 0.371 e. The Labute approximate surface area is 131 Å². The van der Waals surface area contributed by atoms with Gasteiger partial charge in [-0.25, -0.2) is 0 Å². The van der Waals surface area contributed by atoms with E-state index in [-0.39, 0.29) is 5.78 Å². The summed E-state index contributed by atoms with van der Waals surface area (Å²) in [7, 11) is 0. The molecule has 0 aliphatic heterocycles. The predicted molar refractivity (Wildman–Crippen MR) is 90.6 cm³/mol. The fourth-order valence-electron chi connectivity index (χ4n) is 1.53. The zero-order valence-corrected chi connectivity index (χ0v) is 13.4. The smallest absolute Gasteiger partial charge is 0.183 e. The number of hydrogen-bond donors (Lipinski definition) is 1. The normalized spacial score (nSPS) is 10.2. The second-order valence-corrected chi connectivity index (χ2v) is 6.64. The molecule has 0 bridgehead atoms. The summed E-state index contributed by atoms with van der Waals surface area (Å²) < 4.78 is 0.669. The Hall–Kier alpha value is -1.24. The molecule has 0 amide bonds. The summed E-state index contributed by atoms with van der Waals surface area (Å²) in [6, 6.07) is 9.55. The van der Waals surface area contributed by atoms with Crippen LogP contribution in [-0.2, 0) is 0 Å². The van der Waals surface area contributed by atoms with Crippen LogP contribution in [0.5, 0.6) is 0 Å². The van der Waals surface area contributed by atoms with Gasteiger partial charge in [0, 0.05) is 12.7 Å². The second-order valence-electron chi connectivity index (χ2n) is 3.91. The molecule has 0 saturated carbocycles.